The minimum atomic E-state index is -0.500. The number of unbranched alkanes of at least 4 members (excludes halogenated alkanes) is 1. The lowest BCUT2D eigenvalue weighted by Gasteiger charge is -2.35. The summed E-state index contributed by atoms with van der Waals surface area (Å²) in [6, 6.07) is 18.7. The number of benzene rings is 3. The minimum absolute atomic E-state index is 0.290. The van der Waals surface area contributed by atoms with Crippen molar-refractivity contribution in [1.29, 1.82) is 0 Å². The van der Waals surface area contributed by atoms with Crippen LogP contribution in [0.15, 0.2) is 66.7 Å². The van der Waals surface area contributed by atoms with E-state index in [1.54, 1.807) is 12.0 Å². The Kier molecular flexibility index (Phi) is 9.77. The van der Waals surface area contributed by atoms with E-state index in [2.05, 4.69) is 10.3 Å². The molecule has 2 N–H and O–H groups in total. The van der Waals surface area contributed by atoms with Gasteiger partial charge in [0.25, 0.3) is 0 Å². The maximum absolute atomic E-state index is 13.4. The molecule has 0 radical (unpaired) electrons. The summed E-state index contributed by atoms with van der Waals surface area (Å²) < 4.78 is 30.1. The number of H-pyrrole nitrogens is 1. The van der Waals surface area contributed by atoms with E-state index in [1.165, 1.54) is 24.3 Å². The van der Waals surface area contributed by atoms with Gasteiger partial charge >= 0.3 is 6.09 Å². The van der Waals surface area contributed by atoms with Crippen LogP contribution in [-0.4, -0.2) is 55.9 Å². The van der Waals surface area contributed by atoms with Crippen LogP contribution in [0, 0.1) is 5.82 Å². The number of carbonyl (C=O) groups is 1. The fraction of sp³-hybridized carbons (Fsp3) is 0.344. The summed E-state index contributed by atoms with van der Waals surface area (Å²) in [6.07, 6.45) is 3.14. The molecule has 216 valence electrons. The van der Waals surface area contributed by atoms with Crippen LogP contribution in [0.25, 0.3) is 10.9 Å². The van der Waals surface area contributed by atoms with Crippen molar-refractivity contribution in [3.8, 4) is 11.5 Å². The Labute approximate surface area is 244 Å². The lowest BCUT2D eigenvalue weighted by molar-refractivity contribution is 0.135. The third kappa shape index (κ3) is 7.19. The van der Waals surface area contributed by atoms with Crippen LogP contribution < -0.4 is 14.8 Å². The average molecular weight is 580 g/mol. The number of carbonyl (C=O) groups excluding carboxylic acids is 1. The summed E-state index contributed by atoms with van der Waals surface area (Å²) in [5.41, 5.74) is 3.95. The minimum Gasteiger partial charge on any atom is -0.494 e. The summed E-state index contributed by atoms with van der Waals surface area (Å²) in [4.78, 5) is 18.7. The molecule has 9 heteroatoms. The maximum atomic E-state index is 13.4. The van der Waals surface area contributed by atoms with Gasteiger partial charge in [-0.25, -0.2) is 9.18 Å². The standard InChI is InChI=1S/C32H35ClFN3O4/c1-39-19-4-17-35-16-2-3-20-40-25-10-5-22(6-11-25)31-30-27(28-21-23(33)7-14-29(28)36-30)15-18-37(31)32(38)41-26-12-8-24(34)9-13-26/h5-14,21,31,35-36H,2-4,15-20H2,1H3. The van der Waals surface area contributed by atoms with E-state index in [0.29, 0.717) is 30.3 Å². The number of ether oxygens (including phenoxy) is 3. The predicted octanol–water partition coefficient (Wildman–Crippen LogP) is 6.89. The molecule has 1 aliphatic heterocycles. The Morgan fingerprint density at radius 1 is 1.00 bits per heavy atom. The van der Waals surface area contributed by atoms with Crippen LogP contribution in [0.5, 0.6) is 11.5 Å². The molecule has 1 atom stereocenters. The molecule has 4 aromatic rings. The first-order valence-corrected chi connectivity index (χ1v) is 14.4. The number of halogens is 2. The fourth-order valence-electron chi connectivity index (χ4n) is 5.22. The molecule has 0 bridgehead atoms. The van der Waals surface area contributed by atoms with Crippen LogP contribution >= 0.6 is 11.6 Å². The highest BCUT2D eigenvalue weighted by atomic mass is 35.5. The van der Waals surface area contributed by atoms with Crippen LogP contribution in [0.2, 0.25) is 5.02 Å². The number of methoxy groups -OCH3 is 1. The Morgan fingerprint density at radius 3 is 2.54 bits per heavy atom. The first kappa shape index (κ1) is 28.9. The van der Waals surface area contributed by atoms with Gasteiger partial charge in [0.15, 0.2) is 0 Å². The van der Waals surface area contributed by atoms with Crippen molar-refractivity contribution >= 4 is 28.6 Å². The third-order valence-corrected chi connectivity index (χ3v) is 7.49. The molecule has 2 heterocycles. The SMILES string of the molecule is COCCCNCCCCOc1ccc(C2c3[nH]c4ccc(Cl)cc4c3CCN2C(=O)Oc2ccc(F)cc2)cc1. The van der Waals surface area contributed by atoms with Gasteiger partial charge < -0.3 is 24.5 Å². The lowest BCUT2D eigenvalue weighted by atomic mass is 9.92. The molecule has 41 heavy (non-hydrogen) atoms. The maximum Gasteiger partial charge on any atom is 0.416 e. The number of hydrogen-bond donors (Lipinski definition) is 2. The van der Waals surface area contributed by atoms with Crippen LogP contribution in [0.3, 0.4) is 0 Å². The Balaban J connectivity index is 1.30. The van der Waals surface area contributed by atoms with Crippen molar-refractivity contribution in [1.82, 2.24) is 15.2 Å². The van der Waals surface area contributed by atoms with Crippen LogP contribution in [-0.2, 0) is 11.2 Å². The molecule has 0 aliphatic carbocycles. The first-order valence-electron chi connectivity index (χ1n) is 14.0. The molecular formula is C32H35ClFN3O4. The van der Waals surface area contributed by atoms with Gasteiger partial charge in [-0.2, -0.15) is 0 Å². The monoisotopic (exact) mass is 579 g/mol. The normalized spacial score (nSPS) is 14.7. The second-order valence-electron chi connectivity index (χ2n) is 10.1. The molecular weight excluding hydrogens is 545 g/mol. The third-order valence-electron chi connectivity index (χ3n) is 7.26. The number of amides is 1. The summed E-state index contributed by atoms with van der Waals surface area (Å²) in [7, 11) is 1.72. The van der Waals surface area contributed by atoms with Crippen molar-refractivity contribution in [2.24, 2.45) is 0 Å². The molecule has 3 aromatic carbocycles. The highest BCUT2D eigenvalue weighted by molar-refractivity contribution is 6.31. The van der Waals surface area contributed by atoms with Gasteiger partial charge in [-0.3, -0.25) is 4.90 Å². The van der Waals surface area contributed by atoms with Crippen molar-refractivity contribution in [3.05, 3.63) is 94.4 Å². The Morgan fingerprint density at radius 2 is 1.76 bits per heavy atom. The number of fused-ring (bicyclic) bond motifs is 3. The van der Waals surface area contributed by atoms with Gasteiger partial charge in [0.1, 0.15) is 23.4 Å². The van der Waals surface area contributed by atoms with E-state index in [9.17, 15) is 9.18 Å². The summed E-state index contributed by atoms with van der Waals surface area (Å²) >= 11 is 6.32. The van der Waals surface area contributed by atoms with E-state index < -0.39 is 12.1 Å². The second kappa shape index (κ2) is 13.9. The molecule has 0 spiro atoms. The number of rotatable bonds is 12. The number of aromatic amines is 1. The van der Waals surface area contributed by atoms with E-state index in [-0.39, 0.29) is 5.82 Å². The number of nitrogens with zero attached hydrogens (tertiary/aromatic N) is 1. The summed E-state index contributed by atoms with van der Waals surface area (Å²) in [6.45, 7) is 3.77. The smallest absolute Gasteiger partial charge is 0.416 e. The van der Waals surface area contributed by atoms with E-state index >= 15 is 0 Å². The van der Waals surface area contributed by atoms with Crippen LogP contribution in [0.4, 0.5) is 9.18 Å². The average Bonchev–Trinajstić information content (AvgIpc) is 3.35. The number of nitrogens with one attached hydrogen (secondary N) is 2. The molecule has 1 aliphatic rings. The van der Waals surface area contributed by atoms with Crippen molar-refractivity contribution in [2.75, 3.05) is 40.0 Å². The number of hydrogen-bond acceptors (Lipinski definition) is 5. The molecule has 7 nitrogen and oxygen atoms in total. The predicted molar refractivity (Wildman–Crippen MR) is 159 cm³/mol. The molecule has 1 unspecified atom stereocenters. The Hall–Kier alpha value is -3.59. The van der Waals surface area contributed by atoms with E-state index in [0.717, 1.165) is 72.4 Å². The summed E-state index contributed by atoms with van der Waals surface area (Å²) in [5.74, 6) is 0.680. The zero-order valence-electron chi connectivity index (χ0n) is 23.1. The van der Waals surface area contributed by atoms with Crippen molar-refractivity contribution < 1.29 is 23.4 Å². The molecule has 0 fully saturated rings. The quantitative estimate of drug-likeness (QED) is 0.179. The van der Waals surface area contributed by atoms with Crippen molar-refractivity contribution in [3.63, 3.8) is 0 Å². The second-order valence-corrected chi connectivity index (χ2v) is 10.5. The highest BCUT2D eigenvalue weighted by Gasteiger charge is 2.35. The van der Waals surface area contributed by atoms with Gasteiger partial charge in [0.05, 0.1) is 6.61 Å². The van der Waals surface area contributed by atoms with Gasteiger partial charge in [-0.1, -0.05) is 23.7 Å². The molecule has 1 amide bonds. The van der Waals surface area contributed by atoms with Crippen LogP contribution in [0.1, 0.15) is 42.1 Å². The number of aromatic nitrogens is 1. The van der Waals surface area contributed by atoms with Gasteiger partial charge in [-0.15, -0.1) is 0 Å². The molecule has 5 rings (SSSR count). The van der Waals surface area contributed by atoms with E-state index in [4.69, 9.17) is 25.8 Å². The molecule has 0 saturated heterocycles. The topological polar surface area (TPSA) is 75.8 Å². The Bertz CT molecular complexity index is 1440. The van der Waals surface area contributed by atoms with Gasteiger partial charge in [0, 0.05) is 41.9 Å². The molecule has 1 aromatic heterocycles. The zero-order chi connectivity index (χ0) is 28.6. The fourth-order valence-corrected chi connectivity index (χ4v) is 5.39. The van der Waals surface area contributed by atoms with Gasteiger partial charge in [-0.05, 0) is 104 Å². The summed E-state index contributed by atoms with van der Waals surface area (Å²) in [5, 5.41) is 5.13. The van der Waals surface area contributed by atoms with Gasteiger partial charge in [0.2, 0.25) is 0 Å². The van der Waals surface area contributed by atoms with E-state index in [1.807, 2.05) is 42.5 Å². The van der Waals surface area contributed by atoms with Crippen molar-refractivity contribution in [2.45, 2.75) is 31.7 Å². The molecule has 0 saturated carbocycles. The lowest BCUT2D eigenvalue weighted by Crippen LogP contribution is -2.42. The first-order chi connectivity index (χ1) is 20.0. The largest absolute Gasteiger partial charge is 0.494 e. The zero-order valence-corrected chi connectivity index (χ0v) is 23.9. The highest BCUT2D eigenvalue weighted by Crippen LogP contribution is 2.40.